The number of halogens is 4. The second kappa shape index (κ2) is 6.43. The van der Waals surface area contributed by atoms with Crippen LogP contribution in [0.1, 0.15) is 32.8 Å². The number of imide groups is 1. The fourth-order valence-electron chi connectivity index (χ4n) is 2.26. The topological polar surface area (TPSA) is 62.3 Å². The number of rotatable bonds is 4. The normalized spacial score (nSPS) is 15.8. The number of anilines is 1. The lowest BCUT2D eigenvalue weighted by Gasteiger charge is -2.18. The molecule has 0 bridgehead atoms. The molecule has 2 heterocycles. The third-order valence-electron chi connectivity index (χ3n) is 3.43. The smallest absolute Gasteiger partial charge is 0.271 e. The van der Waals surface area contributed by atoms with E-state index >= 15 is 0 Å². The molecule has 0 radical (unpaired) electrons. The minimum atomic E-state index is -4.63. The van der Waals surface area contributed by atoms with Gasteiger partial charge in [0, 0.05) is 11.1 Å². The van der Waals surface area contributed by atoms with Crippen molar-refractivity contribution in [2.75, 3.05) is 5.43 Å². The number of nitrogens with zero attached hydrogens (tertiary/aromatic N) is 2. The molecule has 0 saturated carbocycles. The monoisotopic (exact) mass is 361 g/mol. The summed E-state index contributed by atoms with van der Waals surface area (Å²) >= 11 is 5.53. The molecule has 0 fully saturated rings. The highest BCUT2D eigenvalue weighted by molar-refractivity contribution is 6.30. The summed E-state index contributed by atoms with van der Waals surface area (Å²) in [5.74, 6) is -1.06. The van der Waals surface area contributed by atoms with Gasteiger partial charge in [0.25, 0.3) is 11.8 Å². The summed E-state index contributed by atoms with van der Waals surface area (Å²) in [6.07, 6.45) is -4.21. The standard InChI is InChI=1S/C15H15ClF3N3O2/c1-7(2)6-9-8(3)13(23)22(14(9)24)21-11-5-4-10(12(16)20-11)15(17,18)19/h4-5,7H,6H2,1-3H3,(H,20,21). The van der Waals surface area contributed by atoms with Crippen LogP contribution in [0.2, 0.25) is 5.15 Å². The van der Waals surface area contributed by atoms with Gasteiger partial charge >= 0.3 is 6.18 Å². The van der Waals surface area contributed by atoms with Gasteiger partial charge in [0.05, 0.1) is 5.56 Å². The van der Waals surface area contributed by atoms with Crippen LogP contribution in [0.4, 0.5) is 19.0 Å². The zero-order valence-corrected chi connectivity index (χ0v) is 13.9. The van der Waals surface area contributed by atoms with Gasteiger partial charge < -0.3 is 0 Å². The fourth-order valence-corrected chi connectivity index (χ4v) is 2.52. The summed E-state index contributed by atoms with van der Waals surface area (Å²) in [7, 11) is 0. The first-order chi connectivity index (χ1) is 11.0. The zero-order chi connectivity index (χ0) is 18.2. The number of amides is 2. The number of hydrogen-bond donors (Lipinski definition) is 1. The van der Waals surface area contributed by atoms with Crippen LogP contribution < -0.4 is 5.43 Å². The average molecular weight is 362 g/mol. The van der Waals surface area contributed by atoms with Gasteiger partial charge in [-0.2, -0.15) is 18.2 Å². The van der Waals surface area contributed by atoms with Gasteiger partial charge in [-0.25, -0.2) is 4.98 Å². The molecule has 0 aliphatic carbocycles. The van der Waals surface area contributed by atoms with Gasteiger partial charge in [-0.15, -0.1) is 0 Å². The molecule has 0 saturated heterocycles. The number of hydrogen-bond acceptors (Lipinski definition) is 4. The van der Waals surface area contributed by atoms with Crippen molar-refractivity contribution < 1.29 is 22.8 Å². The molecule has 5 nitrogen and oxygen atoms in total. The number of carbonyl (C=O) groups is 2. The molecular formula is C15H15ClF3N3O2. The van der Waals surface area contributed by atoms with Crippen LogP contribution >= 0.6 is 11.6 Å². The first-order valence-corrected chi connectivity index (χ1v) is 7.49. The number of hydrazine groups is 1. The van der Waals surface area contributed by atoms with Crippen molar-refractivity contribution in [3.05, 3.63) is 34.0 Å². The molecule has 9 heteroatoms. The van der Waals surface area contributed by atoms with Crippen LogP contribution in [0, 0.1) is 5.92 Å². The van der Waals surface area contributed by atoms with E-state index in [9.17, 15) is 22.8 Å². The molecule has 130 valence electrons. The minimum absolute atomic E-state index is 0.131. The van der Waals surface area contributed by atoms with Gasteiger partial charge in [-0.1, -0.05) is 25.4 Å². The van der Waals surface area contributed by atoms with Crippen LogP contribution in [0.3, 0.4) is 0 Å². The van der Waals surface area contributed by atoms with Gasteiger partial charge in [0.2, 0.25) is 0 Å². The van der Waals surface area contributed by atoms with Gasteiger partial charge in [-0.05, 0) is 31.4 Å². The molecule has 0 aromatic carbocycles. The van der Waals surface area contributed by atoms with E-state index in [1.165, 1.54) is 6.92 Å². The minimum Gasteiger partial charge on any atom is -0.271 e. The van der Waals surface area contributed by atoms with E-state index in [0.717, 1.165) is 17.1 Å². The van der Waals surface area contributed by atoms with E-state index in [1.54, 1.807) is 0 Å². The summed E-state index contributed by atoms with van der Waals surface area (Å²) in [4.78, 5) is 28.0. The molecule has 24 heavy (non-hydrogen) atoms. The van der Waals surface area contributed by atoms with E-state index in [1.807, 2.05) is 13.8 Å². The van der Waals surface area contributed by atoms with E-state index in [4.69, 9.17) is 11.6 Å². The van der Waals surface area contributed by atoms with Crippen LogP contribution in [0.15, 0.2) is 23.3 Å². The van der Waals surface area contributed by atoms with Gasteiger partial charge in [0.15, 0.2) is 0 Å². The summed E-state index contributed by atoms with van der Waals surface area (Å²) in [6.45, 7) is 5.35. The first-order valence-electron chi connectivity index (χ1n) is 7.11. The Bertz CT molecular complexity index is 729. The number of carbonyl (C=O) groups excluding carboxylic acids is 2. The third kappa shape index (κ3) is 3.53. The SMILES string of the molecule is CC1=C(CC(C)C)C(=O)N(Nc2ccc(C(F)(F)F)c(Cl)n2)C1=O. The summed E-state index contributed by atoms with van der Waals surface area (Å²) in [5, 5.41) is -0.0300. The fraction of sp³-hybridized carbons (Fsp3) is 0.400. The molecule has 1 aliphatic rings. The molecule has 2 amide bonds. The van der Waals surface area contributed by atoms with Crippen LogP contribution in [0.25, 0.3) is 0 Å². The number of alkyl halides is 3. The van der Waals surface area contributed by atoms with Gasteiger partial charge in [0.1, 0.15) is 11.0 Å². The van der Waals surface area contributed by atoms with Crippen molar-refractivity contribution in [3.8, 4) is 0 Å². The lowest BCUT2D eigenvalue weighted by molar-refractivity contribution is -0.138. The highest BCUT2D eigenvalue weighted by Crippen LogP contribution is 2.34. The second-order valence-electron chi connectivity index (χ2n) is 5.79. The maximum atomic E-state index is 12.7. The van der Waals surface area contributed by atoms with E-state index < -0.39 is 28.7 Å². The van der Waals surface area contributed by atoms with Crippen molar-refractivity contribution >= 4 is 29.2 Å². The molecule has 1 aromatic rings. The molecular weight excluding hydrogens is 347 g/mol. The van der Waals surface area contributed by atoms with Crippen molar-refractivity contribution in [2.24, 2.45) is 5.92 Å². The number of aromatic nitrogens is 1. The summed E-state index contributed by atoms with van der Waals surface area (Å²) in [5.41, 5.74) is 2.01. The predicted molar refractivity (Wildman–Crippen MR) is 81.9 cm³/mol. The van der Waals surface area contributed by atoms with E-state index in [0.29, 0.717) is 17.6 Å². The Labute approximate surface area is 141 Å². The Kier molecular flexibility index (Phi) is 4.89. The van der Waals surface area contributed by atoms with Crippen LogP contribution in [-0.2, 0) is 15.8 Å². The van der Waals surface area contributed by atoms with E-state index in [2.05, 4.69) is 10.4 Å². The lowest BCUT2D eigenvalue weighted by Crippen LogP contribution is -2.37. The Morgan fingerprint density at radius 2 is 1.88 bits per heavy atom. The second-order valence-corrected chi connectivity index (χ2v) is 6.15. The largest absolute Gasteiger partial charge is 0.419 e. The quantitative estimate of drug-likeness (QED) is 0.654. The van der Waals surface area contributed by atoms with Crippen LogP contribution in [-0.4, -0.2) is 21.8 Å². The predicted octanol–water partition coefficient (Wildman–Crippen LogP) is 3.81. The molecule has 2 rings (SSSR count). The van der Waals surface area contributed by atoms with Gasteiger partial charge in [-0.3, -0.25) is 15.0 Å². The van der Waals surface area contributed by atoms with Crippen molar-refractivity contribution in [1.82, 2.24) is 9.99 Å². The summed E-state index contributed by atoms with van der Waals surface area (Å²) in [6, 6.07) is 1.74. The first kappa shape index (κ1) is 18.3. The van der Waals surface area contributed by atoms with Crippen molar-refractivity contribution in [2.45, 2.75) is 33.4 Å². The third-order valence-corrected chi connectivity index (χ3v) is 3.72. The molecule has 0 unspecified atom stereocenters. The average Bonchev–Trinajstić information content (AvgIpc) is 2.63. The summed E-state index contributed by atoms with van der Waals surface area (Å²) < 4.78 is 38.0. The van der Waals surface area contributed by atoms with Crippen LogP contribution in [0.5, 0.6) is 0 Å². The van der Waals surface area contributed by atoms with E-state index in [-0.39, 0.29) is 11.7 Å². The Morgan fingerprint density at radius 3 is 2.38 bits per heavy atom. The molecule has 1 aliphatic heterocycles. The van der Waals surface area contributed by atoms with Crippen molar-refractivity contribution in [1.29, 1.82) is 0 Å². The molecule has 1 aromatic heterocycles. The highest BCUT2D eigenvalue weighted by Gasteiger charge is 2.37. The lowest BCUT2D eigenvalue weighted by atomic mass is 10.0. The Morgan fingerprint density at radius 1 is 1.25 bits per heavy atom. The zero-order valence-electron chi connectivity index (χ0n) is 13.2. The Balaban J connectivity index is 2.23. The molecule has 1 N–H and O–H groups in total. The molecule has 0 spiro atoms. The Hall–Kier alpha value is -2.09. The highest BCUT2D eigenvalue weighted by atomic mass is 35.5. The number of nitrogens with one attached hydrogen (secondary N) is 1. The maximum absolute atomic E-state index is 12.7. The van der Waals surface area contributed by atoms with Crippen molar-refractivity contribution in [3.63, 3.8) is 0 Å². The number of pyridine rings is 1. The molecule has 0 atom stereocenters. The maximum Gasteiger partial charge on any atom is 0.419 e.